The molecule has 0 spiro atoms. The van der Waals surface area contributed by atoms with Crippen LogP contribution in [0.5, 0.6) is 0 Å². The maximum Gasteiger partial charge on any atom is 0.0681 e. The molecule has 0 bridgehead atoms. The smallest absolute Gasteiger partial charge is 0.0681 e. The van der Waals surface area contributed by atoms with Crippen LogP contribution in [0.3, 0.4) is 0 Å². The predicted octanol–water partition coefficient (Wildman–Crippen LogP) is 8.43. The Morgan fingerprint density at radius 1 is 0.784 bits per heavy atom. The number of hydrogen-bond acceptors (Lipinski definition) is 2. The van der Waals surface area contributed by atoms with Crippen LogP contribution in [-0.4, -0.2) is 16.3 Å². The van der Waals surface area contributed by atoms with Crippen molar-refractivity contribution >= 4 is 0 Å². The normalized spacial score (nSPS) is 42.2. The number of fused-ring (bicyclic) bond motifs is 5. The predicted molar refractivity (Wildman–Crippen MR) is 154 cm³/mol. The molecule has 2 N–H and O–H groups in total. The van der Waals surface area contributed by atoms with Crippen molar-refractivity contribution in [3.63, 3.8) is 0 Å². The molecule has 37 heavy (non-hydrogen) atoms. The summed E-state index contributed by atoms with van der Waals surface area (Å²) < 4.78 is 0. The Morgan fingerprint density at radius 2 is 1.43 bits per heavy atom. The maximum atomic E-state index is 11.2. The van der Waals surface area contributed by atoms with Crippen LogP contribution in [0.15, 0.2) is 24.3 Å². The molecule has 0 saturated heterocycles. The van der Waals surface area contributed by atoms with Gasteiger partial charge in [-0.25, -0.2) is 0 Å². The average molecular weight is 509 g/mol. The number of hydrogen-bond donors (Lipinski definition) is 2. The van der Waals surface area contributed by atoms with Crippen molar-refractivity contribution < 1.29 is 10.2 Å². The van der Waals surface area contributed by atoms with Crippen molar-refractivity contribution in [2.45, 2.75) is 124 Å². The molecular weight excluding hydrogens is 452 g/mol. The number of aliphatic hydroxyl groups excluding tert-OH is 2. The van der Waals surface area contributed by atoms with E-state index in [4.69, 9.17) is 0 Å². The lowest BCUT2D eigenvalue weighted by Gasteiger charge is -2.63. The molecule has 1 aromatic carbocycles. The largest absolute Gasteiger partial charge is 0.393 e. The molecule has 2 nitrogen and oxygen atoms in total. The molecule has 4 aliphatic rings. The fourth-order valence-electron chi connectivity index (χ4n) is 10.9. The molecule has 1 aromatic rings. The minimum absolute atomic E-state index is 0.105. The van der Waals surface area contributed by atoms with Gasteiger partial charge in [-0.3, -0.25) is 0 Å². The number of benzene rings is 1. The first-order valence-corrected chi connectivity index (χ1v) is 16.0. The summed E-state index contributed by atoms with van der Waals surface area (Å²) in [5, 5.41) is 20.7. The second-order valence-corrected chi connectivity index (χ2v) is 15.0. The van der Waals surface area contributed by atoms with E-state index in [0.29, 0.717) is 22.7 Å². The Labute approximate surface area is 228 Å². The lowest BCUT2D eigenvalue weighted by molar-refractivity contribution is -0.152. The minimum Gasteiger partial charge on any atom is -0.393 e. The van der Waals surface area contributed by atoms with Crippen LogP contribution in [0.4, 0.5) is 0 Å². The summed E-state index contributed by atoms with van der Waals surface area (Å²) in [5.74, 6) is 6.36. The van der Waals surface area contributed by atoms with Gasteiger partial charge in [0.25, 0.3) is 0 Å². The molecule has 0 aliphatic heterocycles. The summed E-state index contributed by atoms with van der Waals surface area (Å²) in [4.78, 5) is 0. The number of aliphatic hydroxyl groups is 2. The van der Waals surface area contributed by atoms with Gasteiger partial charge in [0.05, 0.1) is 12.7 Å². The summed E-state index contributed by atoms with van der Waals surface area (Å²) in [5.41, 5.74) is 3.26. The van der Waals surface area contributed by atoms with Crippen molar-refractivity contribution in [2.24, 2.45) is 58.2 Å². The fourth-order valence-corrected chi connectivity index (χ4v) is 10.9. The van der Waals surface area contributed by atoms with E-state index in [0.717, 1.165) is 53.9 Å². The third-order valence-corrected chi connectivity index (χ3v) is 12.8. The first kappa shape index (κ1) is 27.7. The topological polar surface area (TPSA) is 40.5 Å². The van der Waals surface area contributed by atoms with E-state index in [1.165, 1.54) is 69.8 Å². The van der Waals surface area contributed by atoms with E-state index in [9.17, 15) is 10.2 Å². The molecular formula is C35H56O2. The van der Waals surface area contributed by atoms with Gasteiger partial charge >= 0.3 is 0 Å². The average Bonchev–Trinajstić information content (AvgIpc) is 3.23. The Balaban J connectivity index is 1.30. The van der Waals surface area contributed by atoms with Crippen LogP contribution < -0.4 is 0 Å². The minimum atomic E-state index is -0.163. The summed E-state index contributed by atoms with van der Waals surface area (Å²) in [7, 11) is 0. The number of rotatable bonds is 8. The monoisotopic (exact) mass is 508 g/mol. The van der Waals surface area contributed by atoms with Gasteiger partial charge in [-0.1, -0.05) is 78.1 Å². The van der Waals surface area contributed by atoms with Crippen molar-refractivity contribution in [1.29, 1.82) is 0 Å². The van der Waals surface area contributed by atoms with Gasteiger partial charge in [0.2, 0.25) is 0 Å². The molecule has 0 heterocycles. The highest BCUT2D eigenvalue weighted by Crippen LogP contribution is 2.69. The van der Waals surface area contributed by atoms with Crippen molar-refractivity contribution in [3.05, 3.63) is 35.4 Å². The summed E-state index contributed by atoms with van der Waals surface area (Å²) in [6, 6.07) is 8.48. The molecule has 4 saturated carbocycles. The highest BCUT2D eigenvalue weighted by Gasteiger charge is 2.61. The van der Waals surface area contributed by atoms with Gasteiger partial charge in [-0.05, 0) is 127 Å². The zero-order chi connectivity index (χ0) is 26.4. The van der Waals surface area contributed by atoms with E-state index in [1.54, 1.807) is 0 Å². The van der Waals surface area contributed by atoms with Crippen LogP contribution >= 0.6 is 0 Å². The van der Waals surface area contributed by atoms with Crippen LogP contribution in [0.25, 0.3) is 0 Å². The van der Waals surface area contributed by atoms with Gasteiger partial charge in [0.15, 0.2) is 0 Å². The lowest BCUT2D eigenvalue weighted by Crippen LogP contribution is -2.57. The van der Waals surface area contributed by atoms with E-state index < -0.39 is 0 Å². The zero-order valence-corrected chi connectivity index (χ0v) is 24.6. The van der Waals surface area contributed by atoms with Gasteiger partial charge < -0.3 is 10.2 Å². The first-order valence-electron chi connectivity index (χ1n) is 16.0. The first-order chi connectivity index (χ1) is 17.7. The van der Waals surface area contributed by atoms with Crippen molar-refractivity contribution in [3.8, 4) is 0 Å². The molecule has 0 radical (unpaired) electrons. The Hall–Kier alpha value is -0.860. The molecule has 0 aromatic heterocycles. The van der Waals surface area contributed by atoms with Crippen LogP contribution in [0.2, 0.25) is 0 Å². The van der Waals surface area contributed by atoms with E-state index in [2.05, 4.69) is 58.9 Å². The molecule has 5 rings (SSSR count). The third-order valence-electron chi connectivity index (χ3n) is 12.8. The van der Waals surface area contributed by atoms with E-state index >= 15 is 0 Å². The second kappa shape index (κ2) is 11.0. The highest BCUT2D eigenvalue weighted by molar-refractivity contribution is 5.23. The molecule has 4 aliphatic carbocycles. The van der Waals surface area contributed by atoms with Crippen LogP contribution in [0, 0.1) is 58.2 Å². The maximum absolute atomic E-state index is 11.2. The highest BCUT2D eigenvalue weighted by atomic mass is 16.3. The van der Waals surface area contributed by atoms with E-state index in [-0.39, 0.29) is 12.7 Å². The Kier molecular flexibility index (Phi) is 8.20. The van der Waals surface area contributed by atoms with E-state index in [1.807, 2.05) is 0 Å². The zero-order valence-electron chi connectivity index (χ0n) is 24.6. The Bertz CT molecular complexity index is 891. The van der Waals surface area contributed by atoms with Gasteiger partial charge in [0, 0.05) is 0 Å². The molecule has 10 atom stereocenters. The van der Waals surface area contributed by atoms with Crippen molar-refractivity contribution in [1.82, 2.24) is 0 Å². The molecule has 2 heteroatoms. The summed E-state index contributed by atoms with van der Waals surface area (Å²) in [6.45, 7) is 12.8. The quantitative estimate of drug-likeness (QED) is 0.370. The Morgan fingerprint density at radius 3 is 2.14 bits per heavy atom. The molecule has 4 fully saturated rings. The van der Waals surface area contributed by atoms with Crippen molar-refractivity contribution in [2.75, 3.05) is 0 Å². The molecule has 0 amide bonds. The van der Waals surface area contributed by atoms with Gasteiger partial charge in [-0.15, -0.1) is 0 Å². The lowest BCUT2D eigenvalue weighted by atomic mass is 9.42. The van der Waals surface area contributed by atoms with Gasteiger partial charge in [-0.2, -0.15) is 0 Å². The second-order valence-electron chi connectivity index (χ2n) is 15.0. The molecule has 1 unspecified atom stereocenters. The van der Waals surface area contributed by atoms with Gasteiger partial charge in [0.1, 0.15) is 0 Å². The SMILES string of the molecule is CC(C)CCC[C@@H](C)[C@H]1CC[C@H]2[C@@H]3CCC4[C@H](Cc5ccc(CO)cc5)[C@@H](O)CC[C@]4(C)[C@H]3CC[C@]12C. The summed E-state index contributed by atoms with van der Waals surface area (Å²) >= 11 is 0. The standard InChI is InChI=1S/C35H56O2/c1-23(2)7-6-8-24(3)29-15-16-30-27-13-14-31-28(21-25-9-11-26(22-36)12-10-25)33(37)18-20-35(31,5)32(27)17-19-34(29,30)4/h9-12,23-24,27-33,36-37H,6-8,13-22H2,1-5H3/t24-,27+,28+,29-,30+,31?,32+,33+,34-,35+/m1/s1. The van der Waals surface area contributed by atoms with Crippen LogP contribution in [-0.2, 0) is 13.0 Å². The summed E-state index contributed by atoms with van der Waals surface area (Å²) in [6.07, 6.45) is 15.8. The third kappa shape index (κ3) is 5.08. The van der Waals surface area contributed by atoms with Crippen LogP contribution in [0.1, 0.15) is 116 Å². The fraction of sp³-hybridized carbons (Fsp3) is 0.829. The molecule has 208 valence electrons.